The first-order valence-corrected chi connectivity index (χ1v) is 18.7. The Morgan fingerprint density at radius 2 is 0.714 bits per heavy atom. The summed E-state index contributed by atoms with van der Waals surface area (Å²) < 4.78 is 0. The van der Waals surface area contributed by atoms with E-state index >= 15 is 0 Å². The van der Waals surface area contributed by atoms with Crippen LogP contribution in [0.5, 0.6) is 0 Å². The summed E-state index contributed by atoms with van der Waals surface area (Å²) in [6.07, 6.45) is 5.13. The van der Waals surface area contributed by atoms with Gasteiger partial charge >= 0.3 is 0 Å². The maximum atomic E-state index is 13.7. The zero-order valence-electron chi connectivity index (χ0n) is 31.5. The highest BCUT2D eigenvalue weighted by molar-refractivity contribution is 6.01. The van der Waals surface area contributed by atoms with Gasteiger partial charge in [0, 0.05) is 74.8 Å². The average Bonchev–Trinajstić information content (AvgIpc) is 3.61. The summed E-state index contributed by atoms with van der Waals surface area (Å²) in [5.41, 5.74) is -4.81. The standard InChI is InChI=1S/C39H60N4O6/c1-31(2)34(7)10-13-37(31,22-25(34)44)28(47)40-16-19-43(20-17-41-29(48)38-14-11-35(8,26(45)23-38)32(38,3)4)21-18-42-30(49)39-15-12-36(9,27(46)24-39)33(39,5)6/h10-24H2,1-9H3,(H,40,47)(H,41,48)(H,42,49)/t34-,35-,36+,37+,38+,39+/m1/s1. The molecule has 6 fully saturated rings. The molecule has 272 valence electrons. The summed E-state index contributed by atoms with van der Waals surface area (Å²) in [4.78, 5) is 82.2. The first-order valence-electron chi connectivity index (χ1n) is 18.7. The highest BCUT2D eigenvalue weighted by Gasteiger charge is 2.74. The fourth-order valence-corrected chi connectivity index (χ4v) is 11.9. The van der Waals surface area contributed by atoms with Crippen molar-refractivity contribution in [2.75, 3.05) is 39.3 Å². The van der Waals surface area contributed by atoms with Crippen molar-refractivity contribution in [3.05, 3.63) is 0 Å². The molecule has 0 saturated heterocycles. The van der Waals surface area contributed by atoms with E-state index in [1.165, 1.54) is 0 Å². The Morgan fingerprint density at radius 3 is 0.898 bits per heavy atom. The molecular formula is C39H60N4O6. The Kier molecular flexibility index (Phi) is 8.08. The molecule has 0 aromatic heterocycles. The predicted molar refractivity (Wildman–Crippen MR) is 185 cm³/mol. The summed E-state index contributed by atoms with van der Waals surface area (Å²) in [5.74, 6) is 0.325. The Hall–Kier alpha value is -2.62. The van der Waals surface area contributed by atoms with Gasteiger partial charge in [0.25, 0.3) is 0 Å². The number of ketones is 3. The topological polar surface area (TPSA) is 142 Å². The van der Waals surface area contributed by atoms with E-state index in [0.29, 0.717) is 58.5 Å². The van der Waals surface area contributed by atoms with E-state index in [0.717, 1.165) is 19.3 Å². The van der Waals surface area contributed by atoms with Crippen molar-refractivity contribution in [3.63, 3.8) is 0 Å². The van der Waals surface area contributed by atoms with E-state index in [9.17, 15) is 28.8 Å². The second-order valence-electron chi connectivity index (χ2n) is 19.0. The number of rotatable bonds is 12. The van der Waals surface area contributed by atoms with Gasteiger partial charge in [-0.05, 0) is 54.8 Å². The normalized spacial score (nSPS) is 40.4. The molecule has 3 N–H and O–H groups in total. The highest BCUT2D eigenvalue weighted by atomic mass is 16.2. The van der Waals surface area contributed by atoms with Gasteiger partial charge in [-0.2, -0.15) is 0 Å². The molecular weight excluding hydrogens is 620 g/mol. The molecule has 10 nitrogen and oxygen atoms in total. The van der Waals surface area contributed by atoms with Crippen molar-refractivity contribution in [2.45, 2.75) is 120 Å². The Labute approximate surface area is 292 Å². The first-order chi connectivity index (χ1) is 22.6. The van der Waals surface area contributed by atoms with Crippen LogP contribution < -0.4 is 16.0 Å². The lowest BCUT2D eigenvalue weighted by Gasteiger charge is -2.39. The first kappa shape index (κ1) is 36.2. The second kappa shape index (κ2) is 10.9. The lowest BCUT2D eigenvalue weighted by Crippen LogP contribution is -2.51. The Balaban J connectivity index is 1.09. The molecule has 0 unspecified atom stereocenters. The van der Waals surface area contributed by atoms with Crippen molar-refractivity contribution in [3.8, 4) is 0 Å². The second-order valence-corrected chi connectivity index (χ2v) is 19.0. The molecule has 3 amide bonds. The number of amides is 3. The number of hydrogen-bond donors (Lipinski definition) is 3. The predicted octanol–water partition coefficient (Wildman–Crippen LogP) is 3.99. The third kappa shape index (κ3) is 4.27. The zero-order valence-corrected chi connectivity index (χ0v) is 31.5. The molecule has 0 spiro atoms. The number of nitrogens with zero attached hydrogens (tertiary/aromatic N) is 1. The third-order valence-corrected chi connectivity index (χ3v) is 17.6. The van der Waals surface area contributed by atoms with Gasteiger partial charge in [0.1, 0.15) is 17.3 Å². The van der Waals surface area contributed by atoms with Crippen LogP contribution in [0.4, 0.5) is 0 Å². The molecule has 49 heavy (non-hydrogen) atoms. The van der Waals surface area contributed by atoms with Crippen LogP contribution in [-0.4, -0.2) is 79.2 Å². The summed E-state index contributed by atoms with van der Waals surface area (Å²) in [7, 11) is 0. The molecule has 6 saturated carbocycles. The third-order valence-electron chi connectivity index (χ3n) is 17.6. The molecule has 6 bridgehead atoms. The van der Waals surface area contributed by atoms with Crippen molar-refractivity contribution in [1.29, 1.82) is 0 Å². The van der Waals surface area contributed by atoms with Crippen molar-refractivity contribution < 1.29 is 28.8 Å². The highest BCUT2D eigenvalue weighted by Crippen LogP contribution is 2.72. The van der Waals surface area contributed by atoms with Gasteiger partial charge in [0.05, 0.1) is 16.2 Å². The largest absolute Gasteiger partial charge is 0.354 e. The Morgan fingerprint density at radius 1 is 0.469 bits per heavy atom. The Bertz CT molecular complexity index is 1340. The molecule has 6 aliphatic rings. The number of carbonyl (C=O) groups excluding carboxylic acids is 6. The average molecular weight is 681 g/mol. The minimum atomic E-state index is -0.702. The zero-order chi connectivity index (χ0) is 36.3. The van der Waals surface area contributed by atoms with Crippen LogP contribution in [0.15, 0.2) is 0 Å². The van der Waals surface area contributed by atoms with Crippen LogP contribution in [-0.2, 0) is 28.8 Å². The van der Waals surface area contributed by atoms with Gasteiger partial charge in [-0.25, -0.2) is 0 Å². The lowest BCUT2D eigenvalue weighted by molar-refractivity contribution is -0.136. The van der Waals surface area contributed by atoms with Gasteiger partial charge in [-0.3, -0.25) is 33.7 Å². The van der Waals surface area contributed by atoms with Crippen LogP contribution in [0.1, 0.15) is 120 Å². The quantitative estimate of drug-likeness (QED) is 0.283. The maximum Gasteiger partial charge on any atom is 0.227 e. The number of carbonyl (C=O) groups is 6. The van der Waals surface area contributed by atoms with Crippen LogP contribution >= 0.6 is 0 Å². The van der Waals surface area contributed by atoms with Crippen molar-refractivity contribution in [2.24, 2.45) is 48.7 Å². The van der Waals surface area contributed by atoms with Gasteiger partial charge in [-0.1, -0.05) is 62.3 Å². The molecule has 6 aliphatic carbocycles. The molecule has 10 heteroatoms. The molecule has 0 aliphatic heterocycles. The fraction of sp³-hybridized carbons (Fsp3) is 0.846. The minimum absolute atomic E-state index is 0.0679. The summed E-state index contributed by atoms with van der Waals surface area (Å²) in [6.45, 7) is 21.0. The molecule has 0 heterocycles. The maximum absolute atomic E-state index is 13.7. The summed E-state index contributed by atoms with van der Waals surface area (Å²) >= 11 is 0. The SMILES string of the molecule is CC1(C)[C@@]2(C(=O)NCCN(CCNC(=O)[C@]34CC[C@](C)(C(=O)C3)C4(C)C)CCNC(=O)[C@]34CC[C@](C)(C(=O)C3)C4(C)C)CC[C@@]1(C)C(=O)C2. The van der Waals surface area contributed by atoms with E-state index in [1.807, 2.05) is 20.8 Å². The summed E-state index contributed by atoms with van der Waals surface area (Å²) in [6, 6.07) is 0. The van der Waals surface area contributed by atoms with E-state index in [4.69, 9.17) is 0 Å². The van der Waals surface area contributed by atoms with Gasteiger partial charge in [0.15, 0.2) is 0 Å². The van der Waals surface area contributed by atoms with Crippen LogP contribution in [0, 0.1) is 48.7 Å². The van der Waals surface area contributed by atoms with E-state index in [2.05, 4.69) is 62.4 Å². The monoisotopic (exact) mass is 680 g/mol. The van der Waals surface area contributed by atoms with Gasteiger partial charge in [0.2, 0.25) is 17.7 Å². The summed E-state index contributed by atoms with van der Waals surface area (Å²) in [5, 5.41) is 9.46. The smallest absolute Gasteiger partial charge is 0.227 e. The number of fused-ring (bicyclic) bond motifs is 6. The number of nitrogens with one attached hydrogen (secondary N) is 3. The fourth-order valence-electron chi connectivity index (χ4n) is 11.9. The van der Waals surface area contributed by atoms with Crippen LogP contribution in [0.25, 0.3) is 0 Å². The van der Waals surface area contributed by atoms with Crippen LogP contribution in [0.2, 0.25) is 0 Å². The van der Waals surface area contributed by atoms with E-state index < -0.39 is 48.7 Å². The van der Waals surface area contributed by atoms with Crippen molar-refractivity contribution >= 4 is 35.1 Å². The molecule has 0 aromatic carbocycles. The van der Waals surface area contributed by atoms with E-state index in [-0.39, 0.29) is 54.3 Å². The van der Waals surface area contributed by atoms with Gasteiger partial charge in [-0.15, -0.1) is 0 Å². The number of hydrogen-bond acceptors (Lipinski definition) is 7. The van der Waals surface area contributed by atoms with Gasteiger partial charge < -0.3 is 16.0 Å². The molecule has 6 rings (SSSR count). The minimum Gasteiger partial charge on any atom is -0.354 e. The van der Waals surface area contributed by atoms with E-state index in [1.54, 1.807) is 0 Å². The van der Waals surface area contributed by atoms with Crippen molar-refractivity contribution in [1.82, 2.24) is 20.9 Å². The molecule has 0 radical (unpaired) electrons. The van der Waals surface area contributed by atoms with Crippen LogP contribution in [0.3, 0.4) is 0 Å². The number of Topliss-reactive ketones (excluding diaryl/α,β-unsaturated/α-hetero) is 3. The molecule has 0 aromatic rings. The molecule has 6 atom stereocenters. The lowest BCUT2D eigenvalue weighted by atomic mass is 9.64.